The third kappa shape index (κ3) is 3.22. The predicted molar refractivity (Wildman–Crippen MR) is 72.9 cm³/mol. The highest BCUT2D eigenvalue weighted by Crippen LogP contribution is 2.19. The van der Waals surface area contributed by atoms with E-state index in [9.17, 15) is 4.79 Å². The number of carbonyl (C=O) groups is 1. The van der Waals surface area contributed by atoms with Crippen LogP contribution in [0, 0.1) is 6.92 Å². The first-order valence-electron chi connectivity index (χ1n) is 6.72. The molecular formula is C14H21N3O. The smallest absolute Gasteiger partial charge is 0.251 e. The van der Waals surface area contributed by atoms with Gasteiger partial charge in [-0.15, -0.1) is 0 Å². The fourth-order valence-corrected chi connectivity index (χ4v) is 1.96. The summed E-state index contributed by atoms with van der Waals surface area (Å²) < 4.78 is 0. The number of carbonyl (C=O) groups excluding carboxylic acids is 1. The van der Waals surface area contributed by atoms with Gasteiger partial charge in [0.25, 0.3) is 5.91 Å². The molecule has 1 heterocycles. The van der Waals surface area contributed by atoms with Gasteiger partial charge in [0.1, 0.15) is 5.82 Å². The van der Waals surface area contributed by atoms with Crippen molar-refractivity contribution in [3.63, 3.8) is 0 Å². The zero-order valence-corrected chi connectivity index (χ0v) is 11.1. The molecule has 1 aliphatic rings. The first kappa shape index (κ1) is 12.9. The first-order valence-corrected chi connectivity index (χ1v) is 6.72. The number of anilines is 1. The second-order valence-corrected chi connectivity index (χ2v) is 4.91. The van der Waals surface area contributed by atoms with Crippen LogP contribution in [0.2, 0.25) is 0 Å². The van der Waals surface area contributed by atoms with Crippen LogP contribution in [0.3, 0.4) is 0 Å². The molecule has 18 heavy (non-hydrogen) atoms. The van der Waals surface area contributed by atoms with E-state index < -0.39 is 0 Å². The van der Waals surface area contributed by atoms with Gasteiger partial charge in [-0.2, -0.15) is 0 Å². The van der Waals surface area contributed by atoms with Crippen LogP contribution >= 0.6 is 0 Å². The molecule has 2 rings (SSSR count). The molecule has 1 saturated carbocycles. The molecule has 0 saturated heterocycles. The van der Waals surface area contributed by atoms with E-state index in [1.165, 1.54) is 6.42 Å². The molecule has 1 fully saturated rings. The largest absolute Gasteiger partial charge is 0.370 e. The molecule has 98 valence electrons. The predicted octanol–water partition coefficient (Wildman–Crippen LogP) is 2.49. The van der Waals surface area contributed by atoms with Crippen molar-refractivity contribution in [3.05, 3.63) is 23.4 Å². The molecule has 1 aromatic heterocycles. The summed E-state index contributed by atoms with van der Waals surface area (Å²) in [6, 6.07) is 4.04. The second kappa shape index (κ2) is 5.85. The molecule has 4 heteroatoms. The molecule has 4 nitrogen and oxygen atoms in total. The van der Waals surface area contributed by atoms with Crippen LogP contribution in [0.5, 0.6) is 0 Å². The Hall–Kier alpha value is -1.58. The highest BCUT2D eigenvalue weighted by Gasteiger charge is 2.20. The lowest BCUT2D eigenvalue weighted by atomic mass is 9.93. The van der Waals surface area contributed by atoms with E-state index in [4.69, 9.17) is 0 Å². The third-order valence-corrected chi connectivity index (χ3v) is 3.21. The fraction of sp³-hybridized carbons (Fsp3) is 0.571. The number of pyridine rings is 1. The summed E-state index contributed by atoms with van der Waals surface area (Å²) in [6.45, 7) is 4.89. The lowest BCUT2D eigenvalue weighted by Gasteiger charge is -2.26. The molecule has 2 N–H and O–H groups in total. The molecule has 0 aliphatic heterocycles. The summed E-state index contributed by atoms with van der Waals surface area (Å²) in [6.07, 6.45) is 4.48. The van der Waals surface area contributed by atoms with Crippen molar-refractivity contribution in [3.8, 4) is 0 Å². The van der Waals surface area contributed by atoms with E-state index in [1.54, 1.807) is 0 Å². The van der Waals surface area contributed by atoms with Crippen molar-refractivity contribution in [2.24, 2.45) is 0 Å². The number of amides is 1. The van der Waals surface area contributed by atoms with Gasteiger partial charge in [0.2, 0.25) is 0 Å². The molecular weight excluding hydrogens is 226 g/mol. The maximum Gasteiger partial charge on any atom is 0.251 e. The Morgan fingerprint density at radius 3 is 2.83 bits per heavy atom. The monoisotopic (exact) mass is 247 g/mol. The average molecular weight is 247 g/mol. The molecule has 0 unspecified atom stereocenters. The van der Waals surface area contributed by atoms with E-state index in [0.717, 1.165) is 37.3 Å². The minimum atomic E-state index is 0.0183. The van der Waals surface area contributed by atoms with Crippen molar-refractivity contribution < 1.29 is 4.79 Å². The second-order valence-electron chi connectivity index (χ2n) is 4.91. The van der Waals surface area contributed by atoms with Crippen LogP contribution in [-0.2, 0) is 0 Å². The number of nitrogens with zero attached hydrogens (tertiary/aromatic N) is 1. The SMILES string of the molecule is CCCNc1cc(C(=O)NC2CCC2)cc(C)n1. The summed E-state index contributed by atoms with van der Waals surface area (Å²) in [5, 5.41) is 6.27. The normalized spacial score (nSPS) is 15.0. The molecule has 0 spiro atoms. The lowest BCUT2D eigenvalue weighted by Crippen LogP contribution is -2.39. The Kier molecular flexibility index (Phi) is 4.18. The highest BCUT2D eigenvalue weighted by atomic mass is 16.1. The van der Waals surface area contributed by atoms with Gasteiger partial charge in [0.15, 0.2) is 0 Å². The van der Waals surface area contributed by atoms with Crippen LogP contribution in [0.4, 0.5) is 5.82 Å². The molecule has 1 aliphatic carbocycles. The van der Waals surface area contributed by atoms with Crippen molar-refractivity contribution in [2.75, 3.05) is 11.9 Å². The number of aryl methyl sites for hydroxylation is 1. The van der Waals surface area contributed by atoms with Gasteiger partial charge in [-0.25, -0.2) is 4.98 Å². The number of nitrogens with one attached hydrogen (secondary N) is 2. The van der Waals surface area contributed by atoms with Gasteiger partial charge < -0.3 is 10.6 Å². The number of aromatic nitrogens is 1. The Morgan fingerprint density at radius 2 is 2.22 bits per heavy atom. The van der Waals surface area contributed by atoms with Gasteiger partial charge in [-0.1, -0.05) is 6.92 Å². The van der Waals surface area contributed by atoms with Crippen LogP contribution in [0.1, 0.15) is 48.7 Å². The summed E-state index contributed by atoms with van der Waals surface area (Å²) >= 11 is 0. The number of hydrogen-bond donors (Lipinski definition) is 2. The van der Waals surface area contributed by atoms with E-state index in [2.05, 4.69) is 22.5 Å². The van der Waals surface area contributed by atoms with Gasteiger partial charge in [-0.3, -0.25) is 4.79 Å². The Balaban J connectivity index is 2.05. The quantitative estimate of drug-likeness (QED) is 0.840. The summed E-state index contributed by atoms with van der Waals surface area (Å²) in [5.41, 5.74) is 1.57. The topological polar surface area (TPSA) is 54.0 Å². The van der Waals surface area contributed by atoms with Crippen molar-refractivity contribution in [1.29, 1.82) is 0 Å². The highest BCUT2D eigenvalue weighted by molar-refractivity contribution is 5.95. The van der Waals surface area contributed by atoms with Crippen LogP contribution < -0.4 is 10.6 Å². The molecule has 0 atom stereocenters. The Morgan fingerprint density at radius 1 is 1.44 bits per heavy atom. The van der Waals surface area contributed by atoms with Crippen molar-refractivity contribution >= 4 is 11.7 Å². The lowest BCUT2D eigenvalue weighted by molar-refractivity contribution is 0.0917. The maximum absolute atomic E-state index is 12.1. The van der Waals surface area contributed by atoms with Gasteiger partial charge in [0, 0.05) is 23.8 Å². The van der Waals surface area contributed by atoms with Gasteiger partial charge in [0.05, 0.1) is 0 Å². The van der Waals surface area contributed by atoms with E-state index in [-0.39, 0.29) is 5.91 Å². The van der Waals surface area contributed by atoms with E-state index in [0.29, 0.717) is 11.6 Å². The molecule has 0 radical (unpaired) electrons. The maximum atomic E-state index is 12.1. The summed E-state index contributed by atoms with van der Waals surface area (Å²) in [4.78, 5) is 16.4. The number of rotatable bonds is 5. The van der Waals surface area contributed by atoms with Crippen LogP contribution in [0.25, 0.3) is 0 Å². The summed E-state index contributed by atoms with van der Waals surface area (Å²) in [7, 11) is 0. The molecule has 1 amide bonds. The van der Waals surface area contributed by atoms with Crippen molar-refractivity contribution in [2.45, 2.75) is 45.6 Å². The van der Waals surface area contributed by atoms with Crippen LogP contribution in [0.15, 0.2) is 12.1 Å². The Labute approximate surface area is 108 Å². The van der Waals surface area contributed by atoms with E-state index in [1.807, 2.05) is 19.1 Å². The Bertz CT molecular complexity index is 427. The molecule has 0 bridgehead atoms. The minimum Gasteiger partial charge on any atom is -0.370 e. The standard InChI is InChI=1S/C14H21N3O/c1-3-7-15-13-9-11(8-10(2)16-13)14(18)17-12-5-4-6-12/h8-9,12H,3-7H2,1-2H3,(H,15,16)(H,17,18). The van der Waals surface area contributed by atoms with Gasteiger partial charge >= 0.3 is 0 Å². The molecule has 0 aromatic carbocycles. The van der Waals surface area contributed by atoms with Crippen LogP contribution in [-0.4, -0.2) is 23.5 Å². The minimum absolute atomic E-state index is 0.0183. The fourth-order valence-electron chi connectivity index (χ4n) is 1.96. The summed E-state index contributed by atoms with van der Waals surface area (Å²) in [5.74, 6) is 0.806. The molecule has 1 aromatic rings. The first-order chi connectivity index (χ1) is 8.69. The average Bonchev–Trinajstić information content (AvgIpc) is 2.30. The van der Waals surface area contributed by atoms with E-state index >= 15 is 0 Å². The third-order valence-electron chi connectivity index (χ3n) is 3.21. The number of hydrogen-bond acceptors (Lipinski definition) is 3. The van der Waals surface area contributed by atoms with Gasteiger partial charge in [-0.05, 0) is 44.7 Å². The zero-order chi connectivity index (χ0) is 13.0. The van der Waals surface area contributed by atoms with Crippen molar-refractivity contribution in [1.82, 2.24) is 10.3 Å². The zero-order valence-electron chi connectivity index (χ0n) is 11.1.